The first-order chi connectivity index (χ1) is 11.6. The predicted octanol–water partition coefficient (Wildman–Crippen LogP) is 3.17. The van der Waals surface area contributed by atoms with Crippen LogP contribution in [0, 0.1) is 11.6 Å². The van der Waals surface area contributed by atoms with Crippen molar-refractivity contribution in [2.45, 2.75) is 44.6 Å². The number of rotatable bonds is 3. The molecule has 5 nitrogen and oxygen atoms in total. The summed E-state index contributed by atoms with van der Waals surface area (Å²) in [5.41, 5.74) is -0.868. The molecule has 138 valence electrons. The van der Waals surface area contributed by atoms with Crippen molar-refractivity contribution in [3.63, 3.8) is 0 Å². The molecule has 2 aliphatic heterocycles. The van der Waals surface area contributed by atoms with Gasteiger partial charge in [0.05, 0.1) is 23.7 Å². The summed E-state index contributed by atoms with van der Waals surface area (Å²) >= 11 is 0. The lowest BCUT2D eigenvalue weighted by atomic mass is 9.77. The molecule has 0 unspecified atom stereocenters. The number of carbonyl (C=O) groups is 1. The summed E-state index contributed by atoms with van der Waals surface area (Å²) in [5.74, 6) is -1.68. The Morgan fingerprint density at radius 1 is 1.24 bits per heavy atom. The Morgan fingerprint density at radius 3 is 2.28 bits per heavy atom. The number of hydrogen-bond acceptors (Lipinski definition) is 4. The highest BCUT2D eigenvalue weighted by Crippen LogP contribution is 2.40. The third-order valence-electron chi connectivity index (χ3n) is 5.20. The van der Waals surface area contributed by atoms with Crippen molar-refractivity contribution in [1.82, 2.24) is 0 Å². The average molecular weight is 373 g/mol. The van der Waals surface area contributed by atoms with Crippen LogP contribution in [0.5, 0.6) is 0 Å². The van der Waals surface area contributed by atoms with E-state index in [4.69, 9.17) is 4.74 Å². The third kappa shape index (κ3) is 3.36. The molecule has 0 aromatic heterocycles. The van der Waals surface area contributed by atoms with E-state index in [1.807, 2.05) is 6.92 Å². The summed E-state index contributed by atoms with van der Waals surface area (Å²) in [6.07, 6.45) is 0.0590. The van der Waals surface area contributed by atoms with Gasteiger partial charge in [-0.3, -0.25) is 4.90 Å². The Kier molecular flexibility index (Phi) is 4.51. The van der Waals surface area contributed by atoms with E-state index >= 15 is 0 Å². The molecule has 3 rings (SSSR count). The van der Waals surface area contributed by atoms with Crippen LogP contribution in [0.1, 0.15) is 38.7 Å². The first-order valence-corrected chi connectivity index (χ1v) is 10.2. The maximum Gasteiger partial charge on any atom is 0.414 e. The van der Waals surface area contributed by atoms with Gasteiger partial charge in [-0.05, 0) is 31.4 Å². The predicted molar refractivity (Wildman–Crippen MR) is 89.5 cm³/mol. The molecule has 1 atom stereocenters. The summed E-state index contributed by atoms with van der Waals surface area (Å²) in [5, 5.41) is 0. The molecule has 8 heteroatoms. The van der Waals surface area contributed by atoms with E-state index in [9.17, 15) is 22.0 Å². The van der Waals surface area contributed by atoms with Crippen LogP contribution in [-0.4, -0.2) is 38.7 Å². The molecule has 0 bridgehead atoms. The average Bonchev–Trinajstić information content (AvgIpc) is 2.91. The van der Waals surface area contributed by atoms with Crippen LogP contribution in [-0.2, 0) is 20.0 Å². The summed E-state index contributed by atoms with van der Waals surface area (Å²) in [6, 6.07) is 2.26. The van der Waals surface area contributed by atoms with E-state index in [1.54, 1.807) is 6.92 Å². The Morgan fingerprint density at radius 2 is 1.80 bits per heavy atom. The van der Waals surface area contributed by atoms with Crippen molar-refractivity contribution in [1.29, 1.82) is 0 Å². The molecule has 0 spiro atoms. The summed E-state index contributed by atoms with van der Waals surface area (Å²) in [4.78, 5) is 13.1. The third-order valence-corrected chi connectivity index (χ3v) is 6.85. The zero-order chi connectivity index (χ0) is 18.4. The summed E-state index contributed by atoms with van der Waals surface area (Å²) in [7, 11) is -3.14. The Labute approximate surface area is 145 Å². The van der Waals surface area contributed by atoms with E-state index < -0.39 is 33.0 Å². The number of carbonyl (C=O) groups excluding carboxylic acids is 1. The highest BCUT2D eigenvalue weighted by atomic mass is 32.2. The van der Waals surface area contributed by atoms with Gasteiger partial charge in [0.2, 0.25) is 0 Å². The molecule has 2 saturated heterocycles. The number of benzene rings is 1. The van der Waals surface area contributed by atoms with Crippen LogP contribution < -0.4 is 4.90 Å². The van der Waals surface area contributed by atoms with Crippen molar-refractivity contribution in [2.24, 2.45) is 0 Å². The van der Waals surface area contributed by atoms with Crippen molar-refractivity contribution < 1.29 is 26.7 Å². The number of sulfone groups is 1. The molecule has 1 aromatic rings. The van der Waals surface area contributed by atoms with E-state index in [2.05, 4.69) is 0 Å². The van der Waals surface area contributed by atoms with Gasteiger partial charge in [-0.25, -0.2) is 22.0 Å². The zero-order valence-corrected chi connectivity index (χ0v) is 15.0. The second-order valence-corrected chi connectivity index (χ2v) is 9.33. The van der Waals surface area contributed by atoms with Crippen molar-refractivity contribution in [3.05, 3.63) is 29.3 Å². The number of cyclic esters (lactones) is 1. The SMILES string of the molecule is CC[C@H]1CN(c2cc(F)c(C3(C)CCS(=O)(=O)CC3)c(F)c2)C(=O)O1. The lowest BCUT2D eigenvalue weighted by molar-refractivity contribution is 0.139. The van der Waals surface area contributed by atoms with Crippen LogP contribution in [0.3, 0.4) is 0 Å². The fourth-order valence-electron chi connectivity index (χ4n) is 3.48. The monoisotopic (exact) mass is 373 g/mol. The van der Waals surface area contributed by atoms with Crippen LogP contribution in [0.2, 0.25) is 0 Å². The van der Waals surface area contributed by atoms with Gasteiger partial charge in [0.25, 0.3) is 0 Å². The Bertz CT molecular complexity index is 772. The van der Waals surface area contributed by atoms with Gasteiger partial charge >= 0.3 is 6.09 Å². The number of nitrogens with zero attached hydrogens (tertiary/aromatic N) is 1. The Hall–Kier alpha value is -1.70. The molecule has 2 heterocycles. The molecule has 2 fully saturated rings. The summed E-state index contributed by atoms with van der Waals surface area (Å²) in [6.45, 7) is 3.80. The van der Waals surface area contributed by atoms with E-state index in [-0.39, 0.29) is 48.2 Å². The van der Waals surface area contributed by atoms with E-state index in [0.717, 1.165) is 12.1 Å². The lowest BCUT2D eigenvalue weighted by Crippen LogP contribution is -2.36. The van der Waals surface area contributed by atoms with Crippen molar-refractivity contribution >= 4 is 21.6 Å². The number of halogens is 2. The smallest absolute Gasteiger partial charge is 0.414 e. The largest absolute Gasteiger partial charge is 0.444 e. The molecular formula is C17H21F2NO4S. The van der Waals surface area contributed by atoms with Gasteiger partial charge in [0.15, 0.2) is 0 Å². The first-order valence-electron chi connectivity index (χ1n) is 8.33. The first kappa shape index (κ1) is 18.1. The van der Waals surface area contributed by atoms with Crippen LogP contribution >= 0.6 is 0 Å². The van der Waals surface area contributed by atoms with Gasteiger partial charge in [-0.2, -0.15) is 0 Å². The normalized spacial score (nSPS) is 25.0. The van der Waals surface area contributed by atoms with Crippen LogP contribution in [0.25, 0.3) is 0 Å². The molecule has 0 radical (unpaired) electrons. The minimum atomic E-state index is -3.14. The number of anilines is 1. The molecule has 0 aliphatic carbocycles. The Balaban J connectivity index is 1.93. The summed E-state index contributed by atoms with van der Waals surface area (Å²) < 4.78 is 57.8. The molecule has 1 amide bonds. The van der Waals surface area contributed by atoms with Crippen molar-refractivity contribution in [3.8, 4) is 0 Å². The topological polar surface area (TPSA) is 63.7 Å². The number of hydrogen-bond donors (Lipinski definition) is 0. The van der Waals surface area contributed by atoms with Crippen LogP contribution in [0.15, 0.2) is 12.1 Å². The molecule has 2 aliphatic rings. The zero-order valence-electron chi connectivity index (χ0n) is 14.2. The second kappa shape index (κ2) is 6.23. The maximum absolute atomic E-state index is 14.7. The van der Waals surface area contributed by atoms with Crippen molar-refractivity contribution in [2.75, 3.05) is 23.0 Å². The van der Waals surface area contributed by atoms with E-state index in [1.165, 1.54) is 4.90 Å². The number of amides is 1. The van der Waals surface area contributed by atoms with Gasteiger partial charge in [-0.15, -0.1) is 0 Å². The second-order valence-electron chi connectivity index (χ2n) is 7.02. The fourth-order valence-corrected chi connectivity index (χ4v) is 5.20. The highest BCUT2D eigenvalue weighted by molar-refractivity contribution is 7.91. The van der Waals surface area contributed by atoms with Gasteiger partial charge in [-0.1, -0.05) is 13.8 Å². The molecule has 25 heavy (non-hydrogen) atoms. The standard InChI is InChI=1S/C17H21F2NO4S/c1-3-12-10-20(16(21)24-12)11-8-13(18)15(14(19)9-11)17(2)4-6-25(22,23)7-5-17/h8-9,12H,3-7,10H2,1-2H3/t12-/m0/s1. The maximum atomic E-state index is 14.7. The minimum Gasteiger partial charge on any atom is -0.444 e. The van der Waals surface area contributed by atoms with Gasteiger partial charge in [0.1, 0.15) is 27.6 Å². The lowest BCUT2D eigenvalue weighted by Gasteiger charge is -2.34. The highest BCUT2D eigenvalue weighted by Gasteiger charge is 2.39. The fraction of sp³-hybridized carbons (Fsp3) is 0.588. The van der Waals surface area contributed by atoms with E-state index in [0.29, 0.717) is 6.42 Å². The molecule has 0 N–H and O–H groups in total. The quantitative estimate of drug-likeness (QED) is 0.816. The molecule has 0 saturated carbocycles. The van der Waals surface area contributed by atoms with Gasteiger partial charge < -0.3 is 4.74 Å². The molecular weight excluding hydrogens is 352 g/mol. The van der Waals surface area contributed by atoms with Gasteiger partial charge in [0, 0.05) is 11.0 Å². The number of ether oxygens (including phenoxy) is 1. The minimum absolute atomic E-state index is 0.0826. The van der Waals surface area contributed by atoms with Crippen LogP contribution in [0.4, 0.5) is 19.3 Å². The molecule has 1 aromatic carbocycles.